The van der Waals surface area contributed by atoms with Crippen LogP contribution in [0.15, 0.2) is 74.0 Å². The van der Waals surface area contributed by atoms with Crippen molar-refractivity contribution in [3.63, 3.8) is 0 Å². The zero-order valence-electron chi connectivity index (χ0n) is 19.3. The first-order valence-corrected chi connectivity index (χ1v) is 10.8. The van der Waals surface area contributed by atoms with Gasteiger partial charge in [-0.1, -0.05) is 44.2 Å². The van der Waals surface area contributed by atoms with Gasteiger partial charge in [-0.15, -0.1) is 0 Å². The maximum absolute atomic E-state index is 13.1. The van der Waals surface area contributed by atoms with Gasteiger partial charge in [-0.2, -0.15) is 0 Å². The Labute approximate surface area is 194 Å². The summed E-state index contributed by atoms with van der Waals surface area (Å²) in [6.45, 7) is 5.82. The minimum atomic E-state index is -0.807. The summed E-state index contributed by atoms with van der Waals surface area (Å²) in [7, 11) is 1.73. The van der Waals surface area contributed by atoms with E-state index in [0.29, 0.717) is 23.0 Å². The van der Waals surface area contributed by atoms with Crippen LogP contribution in [0.25, 0.3) is 11.4 Å². The molecule has 0 amide bonds. The number of rotatable bonds is 5. The van der Waals surface area contributed by atoms with Crippen molar-refractivity contribution in [1.82, 2.24) is 18.9 Å². The van der Waals surface area contributed by atoms with Gasteiger partial charge in [0.05, 0.1) is 17.1 Å². The van der Waals surface area contributed by atoms with Crippen molar-refractivity contribution >= 4 is 11.9 Å². The van der Waals surface area contributed by atoms with Gasteiger partial charge in [0, 0.05) is 13.3 Å². The molecule has 0 aliphatic heterocycles. The predicted octanol–water partition coefficient (Wildman–Crippen LogP) is 2.90. The number of nitrogens with zero attached hydrogens (tertiary/aromatic N) is 4. The highest BCUT2D eigenvalue weighted by atomic mass is 16.3. The molecule has 4 rings (SSSR count). The third-order valence-corrected chi connectivity index (χ3v) is 5.79. The van der Waals surface area contributed by atoms with Crippen LogP contribution in [0.1, 0.15) is 36.6 Å². The van der Waals surface area contributed by atoms with Gasteiger partial charge in [0.2, 0.25) is 5.88 Å². The quantitative estimate of drug-likeness (QED) is 0.447. The summed E-state index contributed by atoms with van der Waals surface area (Å²) < 4.78 is 4.11. The summed E-state index contributed by atoms with van der Waals surface area (Å²) in [4.78, 5) is 44.4. The molecule has 9 heteroatoms. The van der Waals surface area contributed by atoms with E-state index < -0.39 is 17.1 Å². The molecule has 174 valence electrons. The van der Waals surface area contributed by atoms with Crippen LogP contribution >= 0.6 is 0 Å². The molecule has 0 bridgehead atoms. The molecule has 0 saturated carbocycles. The van der Waals surface area contributed by atoms with E-state index in [2.05, 4.69) is 9.98 Å². The summed E-state index contributed by atoms with van der Waals surface area (Å²) in [5.41, 5.74) is 0.605. The van der Waals surface area contributed by atoms with Crippen molar-refractivity contribution in [2.24, 2.45) is 12.0 Å². The number of hydrogen-bond acceptors (Lipinski definition) is 5. The molecule has 4 aromatic rings. The predicted molar refractivity (Wildman–Crippen MR) is 131 cm³/mol. The fourth-order valence-corrected chi connectivity index (χ4v) is 3.73. The van der Waals surface area contributed by atoms with Gasteiger partial charge >= 0.3 is 5.69 Å². The normalized spacial score (nSPS) is 11.6. The molecule has 2 aromatic carbocycles. The van der Waals surface area contributed by atoms with Crippen molar-refractivity contribution in [3.05, 3.63) is 103 Å². The Morgan fingerprint density at radius 3 is 2.24 bits per heavy atom. The molecule has 2 aromatic heterocycles. The van der Waals surface area contributed by atoms with Gasteiger partial charge in [0.1, 0.15) is 5.56 Å². The average Bonchev–Trinajstić information content (AvgIpc) is 3.02. The largest absolute Gasteiger partial charge is 0.493 e. The van der Waals surface area contributed by atoms with E-state index in [1.54, 1.807) is 42.9 Å². The molecule has 0 saturated heterocycles. The van der Waals surface area contributed by atoms with E-state index in [4.69, 9.17) is 0 Å². The number of H-pyrrole nitrogens is 1. The zero-order chi connectivity index (χ0) is 24.6. The van der Waals surface area contributed by atoms with Crippen LogP contribution in [0.2, 0.25) is 0 Å². The molecule has 0 radical (unpaired) electrons. The zero-order valence-corrected chi connectivity index (χ0v) is 19.3. The van der Waals surface area contributed by atoms with Crippen LogP contribution in [0.5, 0.6) is 5.88 Å². The molecule has 2 N–H and O–H groups in total. The minimum absolute atomic E-state index is 0.115. The van der Waals surface area contributed by atoms with E-state index in [0.717, 1.165) is 16.3 Å². The minimum Gasteiger partial charge on any atom is -0.493 e. The second-order valence-corrected chi connectivity index (χ2v) is 8.25. The summed E-state index contributed by atoms with van der Waals surface area (Å²) in [6.07, 6.45) is 1.10. The number of nitrogens with one attached hydrogen (secondary N) is 1. The maximum Gasteiger partial charge on any atom is 0.335 e. The lowest BCUT2D eigenvalue weighted by Gasteiger charge is -2.11. The molecule has 2 heterocycles. The molecule has 0 spiro atoms. The van der Waals surface area contributed by atoms with Crippen LogP contribution in [-0.2, 0) is 7.05 Å². The van der Waals surface area contributed by atoms with E-state index in [-0.39, 0.29) is 16.8 Å². The molecule has 9 nitrogen and oxygen atoms in total. The second-order valence-electron chi connectivity index (χ2n) is 8.25. The standard InChI is InChI=1S/C25H25N5O4/c1-15(2)17-10-12-18(13-11-17)29-23(32)20(22(31)27-25(29)34)14-26-21-16(3)28(4)30(24(21)33)19-8-6-5-7-9-19/h5-15,32H,1-4H3,(H,27,31,34). The SMILES string of the molecule is Cc1c(N=Cc2c(O)n(-c3ccc(C(C)C)cc3)c(=O)[nH]c2=O)c(=O)n(-c2ccccc2)n1C. The first-order valence-electron chi connectivity index (χ1n) is 10.8. The first kappa shape index (κ1) is 22.8. The summed E-state index contributed by atoms with van der Waals surface area (Å²) in [6, 6.07) is 16.2. The summed E-state index contributed by atoms with van der Waals surface area (Å²) in [5, 5.41) is 10.8. The third kappa shape index (κ3) is 3.92. The number of aromatic hydroxyl groups is 1. The number of aromatic nitrogens is 4. The van der Waals surface area contributed by atoms with Crippen molar-refractivity contribution in [2.75, 3.05) is 0 Å². The van der Waals surface area contributed by atoms with E-state index in [9.17, 15) is 19.5 Å². The molecular formula is C25H25N5O4. The first-order chi connectivity index (χ1) is 16.2. The van der Waals surface area contributed by atoms with E-state index in [1.807, 2.05) is 44.2 Å². The van der Waals surface area contributed by atoms with Crippen LogP contribution in [-0.4, -0.2) is 30.2 Å². The molecule has 0 atom stereocenters. The van der Waals surface area contributed by atoms with Crippen molar-refractivity contribution < 1.29 is 5.11 Å². The van der Waals surface area contributed by atoms with Crippen LogP contribution in [0, 0.1) is 6.92 Å². The Morgan fingerprint density at radius 1 is 0.971 bits per heavy atom. The lowest BCUT2D eigenvalue weighted by Crippen LogP contribution is -2.31. The molecule has 0 unspecified atom stereocenters. The summed E-state index contributed by atoms with van der Waals surface area (Å²) >= 11 is 0. The molecule has 0 aliphatic carbocycles. The van der Waals surface area contributed by atoms with Gasteiger partial charge in [-0.3, -0.25) is 19.3 Å². The fourth-order valence-electron chi connectivity index (χ4n) is 3.73. The second kappa shape index (κ2) is 8.86. The van der Waals surface area contributed by atoms with Crippen molar-refractivity contribution in [3.8, 4) is 17.3 Å². The number of aromatic amines is 1. The highest BCUT2D eigenvalue weighted by molar-refractivity contribution is 5.84. The van der Waals surface area contributed by atoms with Gasteiger partial charge in [0.25, 0.3) is 11.1 Å². The molecule has 0 aliphatic rings. The topological polar surface area (TPSA) is 114 Å². The van der Waals surface area contributed by atoms with Gasteiger partial charge in [-0.05, 0) is 42.7 Å². The third-order valence-electron chi connectivity index (χ3n) is 5.79. The fraction of sp³-hybridized carbons (Fsp3) is 0.200. The highest BCUT2D eigenvalue weighted by Crippen LogP contribution is 2.21. The Balaban J connectivity index is 1.81. The Morgan fingerprint density at radius 2 is 1.62 bits per heavy atom. The number of hydrogen-bond donors (Lipinski definition) is 2. The monoisotopic (exact) mass is 459 g/mol. The Hall–Kier alpha value is -4.40. The smallest absolute Gasteiger partial charge is 0.335 e. The number of para-hydroxylation sites is 1. The Bertz CT molecular complexity index is 1550. The van der Waals surface area contributed by atoms with Crippen LogP contribution in [0.4, 0.5) is 5.69 Å². The van der Waals surface area contributed by atoms with Gasteiger partial charge in [-0.25, -0.2) is 19.0 Å². The van der Waals surface area contributed by atoms with Crippen LogP contribution < -0.4 is 16.8 Å². The lowest BCUT2D eigenvalue weighted by molar-refractivity contribution is 0.430. The average molecular weight is 460 g/mol. The van der Waals surface area contributed by atoms with E-state index >= 15 is 0 Å². The van der Waals surface area contributed by atoms with Gasteiger partial charge < -0.3 is 5.11 Å². The molecule has 34 heavy (non-hydrogen) atoms. The lowest BCUT2D eigenvalue weighted by atomic mass is 10.0. The maximum atomic E-state index is 13.1. The molecule has 0 fully saturated rings. The van der Waals surface area contributed by atoms with Crippen molar-refractivity contribution in [1.29, 1.82) is 0 Å². The Kier molecular flexibility index (Phi) is 5.93. The number of aliphatic imine (C=N–C) groups is 1. The highest BCUT2D eigenvalue weighted by Gasteiger charge is 2.18. The number of benzene rings is 2. The van der Waals surface area contributed by atoms with Crippen LogP contribution in [0.3, 0.4) is 0 Å². The molecular weight excluding hydrogens is 434 g/mol. The van der Waals surface area contributed by atoms with Crippen molar-refractivity contribution in [2.45, 2.75) is 26.7 Å². The summed E-state index contributed by atoms with van der Waals surface area (Å²) in [5.74, 6) is -0.265. The van der Waals surface area contributed by atoms with Gasteiger partial charge in [0.15, 0.2) is 5.69 Å². The van der Waals surface area contributed by atoms with E-state index in [1.165, 1.54) is 4.68 Å².